The number of likely N-dealkylation sites (tertiary alicyclic amines) is 1. The lowest BCUT2D eigenvalue weighted by atomic mass is 10.0. The average Bonchev–Trinajstić information content (AvgIpc) is 3.23. The highest BCUT2D eigenvalue weighted by atomic mass is 31.1. The summed E-state index contributed by atoms with van der Waals surface area (Å²) in [6.45, 7) is 6.95. The van der Waals surface area contributed by atoms with Crippen molar-refractivity contribution in [3.8, 4) is 28.7 Å². The second kappa shape index (κ2) is 9.75. The number of aryl methyl sites for hydroxylation is 1. The first kappa shape index (κ1) is 23.0. The summed E-state index contributed by atoms with van der Waals surface area (Å²) >= 11 is 0. The molecular formula is C23H27N6O3P. The fourth-order valence-electron chi connectivity index (χ4n) is 4.08. The number of benzene rings is 1. The molecule has 0 aliphatic carbocycles. The number of phenolic OH excluding ortho intramolecular Hbond substituents is 1. The Bertz CT molecular complexity index is 1190. The van der Waals surface area contributed by atoms with Crippen molar-refractivity contribution in [2.24, 2.45) is 5.92 Å². The molecule has 3 heterocycles. The third-order valence-corrected chi connectivity index (χ3v) is 6.95. The van der Waals surface area contributed by atoms with E-state index in [4.69, 9.17) is 15.7 Å². The number of nitrogens with two attached hydrogens (primary N) is 1. The Labute approximate surface area is 194 Å². The zero-order chi connectivity index (χ0) is 23.5. The van der Waals surface area contributed by atoms with E-state index >= 15 is 0 Å². The number of ether oxygens (including phenoxy) is 1. The Hall–Kier alpha value is -3.18. The normalized spacial score (nSPS) is 15.5. The van der Waals surface area contributed by atoms with Crippen LogP contribution in [0.1, 0.15) is 17.4 Å². The van der Waals surface area contributed by atoms with Crippen LogP contribution in [0, 0.1) is 24.2 Å². The highest BCUT2D eigenvalue weighted by molar-refractivity contribution is 7.46. The van der Waals surface area contributed by atoms with Crippen molar-refractivity contribution < 1.29 is 14.9 Å². The van der Waals surface area contributed by atoms with Gasteiger partial charge in [0.1, 0.15) is 5.75 Å². The van der Waals surface area contributed by atoms with Crippen LogP contribution in [0.4, 0.5) is 5.82 Å². The minimum Gasteiger partial charge on any atom is -0.507 e. The van der Waals surface area contributed by atoms with Gasteiger partial charge in [-0.05, 0) is 36.6 Å². The van der Waals surface area contributed by atoms with E-state index in [9.17, 15) is 10.2 Å². The maximum atomic E-state index is 10.8. The summed E-state index contributed by atoms with van der Waals surface area (Å²) in [5.74, 6) is 0.820. The Balaban J connectivity index is 1.50. The molecule has 3 aromatic rings. The number of nitrogen functional groups attached to an aromatic ring is 1. The molecule has 10 heteroatoms. The SMILES string of the molecule is CPc1c(C)ccc(O)c1C(O)Oc1cc(-c2cnn(CC3CN(CC#N)C3)c2)cnc1N. The quantitative estimate of drug-likeness (QED) is 0.261. The largest absolute Gasteiger partial charge is 0.507 e. The van der Waals surface area contributed by atoms with Crippen LogP contribution in [0.25, 0.3) is 11.1 Å². The Morgan fingerprint density at radius 3 is 2.85 bits per heavy atom. The standard InChI is InChI=1S/C23H27N6O3P/c1-14-3-4-18(30)20(21(14)33-2)23(31)32-19-7-16(8-26-22(19)25)17-9-27-29(13-17)12-15-10-28(11-15)6-5-24/h3-4,7-9,13,15,23,30-31,33H,6,10-12H2,1-2H3,(H2,25,26). The van der Waals surface area contributed by atoms with Gasteiger partial charge < -0.3 is 20.7 Å². The highest BCUT2D eigenvalue weighted by Gasteiger charge is 2.27. The molecule has 2 aromatic heterocycles. The number of anilines is 1. The molecule has 2 atom stereocenters. The van der Waals surface area contributed by atoms with Crippen molar-refractivity contribution in [3.63, 3.8) is 0 Å². The molecule has 4 rings (SSSR count). The average molecular weight is 466 g/mol. The predicted octanol–water partition coefficient (Wildman–Crippen LogP) is 2.00. The second-order valence-electron chi connectivity index (χ2n) is 8.19. The summed E-state index contributed by atoms with van der Waals surface area (Å²) in [7, 11) is 0.376. The number of aromatic nitrogens is 3. The number of rotatable bonds is 8. The van der Waals surface area contributed by atoms with Gasteiger partial charge in [0.15, 0.2) is 11.6 Å². The predicted molar refractivity (Wildman–Crippen MR) is 128 cm³/mol. The Morgan fingerprint density at radius 2 is 2.12 bits per heavy atom. The van der Waals surface area contributed by atoms with E-state index in [-0.39, 0.29) is 17.3 Å². The summed E-state index contributed by atoms with van der Waals surface area (Å²) in [6.07, 6.45) is 3.94. The van der Waals surface area contributed by atoms with Crippen LogP contribution < -0.4 is 15.8 Å². The van der Waals surface area contributed by atoms with E-state index in [1.54, 1.807) is 24.5 Å². The van der Waals surface area contributed by atoms with Gasteiger partial charge in [-0.1, -0.05) is 14.6 Å². The minimum atomic E-state index is -1.38. The molecule has 2 unspecified atom stereocenters. The third kappa shape index (κ3) is 4.93. The molecular weight excluding hydrogens is 439 g/mol. The number of hydrogen-bond acceptors (Lipinski definition) is 8. The van der Waals surface area contributed by atoms with E-state index in [0.717, 1.165) is 41.6 Å². The van der Waals surface area contributed by atoms with Gasteiger partial charge in [0.25, 0.3) is 0 Å². The first-order valence-electron chi connectivity index (χ1n) is 10.6. The van der Waals surface area contributed by atoms with Gasteiger partial charge in [0.05, 0.1) is 24.4 Å². The number of aromatic hydroxyl groups is 1. The van der Waals surface area contributed by atoms with E-state index in [0.29, 0.717) is 26.6 Å². The number of nitrogens with zero attached hydrogens (tertiary/aromatic N) is 5. The van der Waals surface area contributed by atoms with Crippen LogP contribution in [0.5, 0.6) is 11.5 Å². The number of phenols is 1. The van der Waals surface area contributed by atoms with Gasteiger partial charge in [-0.15, -0.1) is 0 Å². The first-order valence-corrected chi connectivity index (χ1v) is 12.1. The summed E-state index contributed by atoms with van der Waals surface area (Å²) in [6, 6.07) is 7.25. The van der Waals surface area contributed by atoms with Gasteiger partial charge in [-0.2, -0.15) is 10.4 Å². The summed E-state index contributed by atoms with van der Waals surface area (Å²) in [5, 5.41) is 35.2. The molecule has 1 aliphatic rings. The zero-order valence-corrected chi connectivity index (χ0v) is 19.6. The van der Waals surface area contributed by atoms with Crippen LogP contribution >= 0.6 is 8.58 Å². The third-order valence-electron chi connectivity index (χ3n) is 5.79. The zero-order valence-electron chi connectivity index (χ0n) is 18.6. The van der Waals surface area contributed by atoms with Gasteiger partial charge in [-0.3, -0.25) is 9.58 Å². The number of aliphatic hydroxyl groups is 1. The van der Waals surface area contributed by atoms with Crippen molar-refractivity contribution in [1.82, 2.24) is 19.7 Å². The van der Waals surface area contributed by atoms with Crippen LogP contribution in [0.15, 0.2) is 36.8 Å². The van der Waals surface area contributed by atoms with E-state index in [1.165, 1.54) is 0 Å². The number of nitriles is 1. The molecule has 1 aromatic carbocycles. The van der Waals surface area contributed by atoms with Crippen molar-refractivity contribution in [2.75, 3.05) is 32.0 Å². The number of pyridine rings is 1. The van der Waals surface area contributed by atoms with Crippen LogP contribution in [0.2, 0.25) is 0 Å². The molecule has 1 saturated heterocycles. The molecule has 1 aliphatic heterocycles. The van der Waals surface area contributed by atoms with Crippen LogP contribution in [-0.2, 0) is 6.54 Å². The van der Waals surface area contributed by atoms with Gasteiger partial charge in [-0.25, -0.2) is 4.98 Å². The molecule has 0 bridgehead atoms. The maximum absolute atomic E-state index is 10.8. The fraction of sp³-hybridized carbons (Fsp3) is 0.348. The molecule has 0 saturated carbocycles. The number of hydrogen-bond donors (Lipinski definition) is 3. The topological polar surface area (TPSA) is 133 Å². The van der Waals surface area contributed by atoms with Gasteiger partial charge in [0.2, 0.25) is 6.29 Å². The molecule has 172 valence electrons. The minimum absolute atomic E-state index is 0.0225. The van der Waals surface area contributed by atoms with E-state index < -0.39 is 6.29 Å². The first-order chi connectivity index (χ1) is 15.9. The molecule has 1 fully saturated rings. The monoisotopic (exact) mass is 466 g/mol. The van der Waals surface area contributed by atoms with Crippen LogP contribution in [-0.4, -0.2) is 56.2 Å². The Kier molecular flexibility index (Phi) is 6.80. The van der Waals surface area contributed by atoms with Crippen LogP contribution in [0.3, 0.4) is 0 Å². The summed E-state index contributed by atoms with van der Waals surface area (Å²) < 4.78 is 7.64. The molecule has 0 radical (unpaired) electrons. The molecule has 0 amide bonds. The molecule has 33 heavy (non-hydrogen) atoms. The molecule has 4 N–H and O–H groups in total. The molecule has 9 nitrogen and oxygen atoms in total. The van der Waals surface area contributed by atoms with E-state index in [1.807, 2.05) is 30.5 Å². The lowest BCUT2D eigenvalue weighted by Gasteiger charge is -2.37. The lowest BCUT2D eigenvalue weighted by Crippen LogP contribution is -2.48. The smallest absolute Gasteiger partial charge is 0.228 e. The van der Waals surface area contributed by atoms with E-state index in [2.05, 4.69) is 21.1 Å². The van der Waals surface area contributed by atoms with Gasteiger partial charge in [0, 0.05) is 49.1 Å². The van der Waals surface area contributed by atoms with Gasteiger partial charge >= 0.3 is 0 Å². The van der Waals surface area contributed by atoms with Crippen molar-refractivity contribution in [3.05, 3.63) is 47.9 Å². The molecule has 0 spiro atoms. The maximum Gasteiger partial charge on any atom is 0.228 e. The fourth-order valence-corrected chi connectivity index (χ4v) is 5.08. The summed E-state index contributed by atoms with van der Waals surface area (Å²) in [5.41, 5.74) is 8.93. The van der Waals surface area contributed by atoms with Crippen molar-refractivity contribution in [1.29, 1.82) is 5.26 Å². The lowest BCUT2D eigenvalue weighted by molar-refractivity contribution is -0.0197. The second-order valence-corrected chi connectivity index (χ2v) is 9.19. The van der Waals surface area contributed by atoms with Crippen molar-refractivity contribution in [2.45, 2.75) is 19.8 Å². The Morgan fingerprint density at radius 1 is 1.33 bits per heavy atom. The van der Waals surface area contributed by atoms with Crippen molar-refractivity contribution >= 4 is 19.7 Å². The summed E-state index contributed by atoms with van der Waals surface area (Å²) in [4.78, 5) is 6.32. The highest BCUT2D eigenvalue weighted by Crippen LogP contribution is 2.33. The number of aliphatic hydroxyl groups excluding tert-OH is 1.